The van der Waals surface area contributed by atoms with Crippen molar-refractivity contribution in [2.24, 2.45) is 0 Å². The van der Waals surface area contributed by atoms with Gasteiger partial charge in [0.25, 0.3) is 0 Å². The lowest BCUT2D eigenvalue weighted by molar-refractivity contribution is 0.113. The molecule has 0 aromatic heterocycles. The molecule has 3 heteroatoms. The van der Waals surface area contributed by atoms with E-state index in [-0.39, 0.29) is 5.54 Å². The molecule has 0 amide bonds. The molecule has 0 spiro atoms. The Hall–Kier alpha value is -0.120. The molecule has 3 nitrogen and oxygen atoms in total. The molecule has 0 radical (unpaired) electrons. The summed E-state index contributed by atoms with van der Waals surface area (Å²) in [7, 11) is 0. The van der Waals surface area contributed by atoms with Crippen LogP contribution < -0.4 is 0 Å². The maximum Gasteiger partial charge on any atom is 0.0936 e. The van der Waals surface area contributed by atoms with E-state index < -0.39 is 0 Å². The number of hydrogen-bond donors (Lipinski definition) is 0. The standard InChI is InChI=1S/C10H19NO2/c1-10(2,3)11(4-8-6-12-8)5-9-7-13-9/h8-9H,4-7H2,1-3H3. The molecule has 0 saturated carbocycles. The van der Waals surface area contributed by atoms with Crippen LogP contribution in [0.3, 0.4) is 0 Å². The first-order valence-electron chi connectivity index (χ1n) is 5.04. The van der Waals surface area contributed by atoms with Crippen molar-refractivity contribution in [3.05, 3.63) is 0 Å². The van der Waals surface area contributed by atoms with Gasteiger partial charge in [-0.15, -0.1) is 0 Å². The number of epoxide rings is 2. The molecule has 76 valence electrons. The van der Waals surface area contributed by atoms with Gasteiger partial charge >= 0.3 is 0 Å². The molecule has 2 aliphatic heterocycles. The van der Waals surface area contributed by atoms with Crippen molar-refractivity contribution in [1.29, 1.82) is 0 Å². The maximum absolute atomic E-state index is 5.25. The highest BCUT2D eigenvalue weighted by Gasteiger charge is 2.35. The van der Waals surface area contributed by atoms with E-state index in [0.29, 0.717) is 12.2 Å². The fraction of sp³-hybridized carbons (Fsp3) is 1.00. The van der Waals surface area contributed by atoms with Gasteiger partial charge in [-0.2, -0.15) is 0 Å². The van der Waals surface area contributed by atoms with Gasteiger partial charge in [-0.05, 0) is 20.8 Å². The molecule has 0 aromatic rings. The van der Waals surface area contributed by atoms with Gasteiger partial charge in [0, 0.05) is 18.6 Å². The largest absolute Gasteiger partial charge is 0.372 e. The summed E-state index contributed by atoms with van der Waals surface area (Å²) < 4.78 is 10.5. The summed E-state index contributed by atoms with van der Waals surface area (Å²) in [6.07, 6.45) is 0.968. The molecule has 0 aliphatic carbocycles. The summed E-state index contributed by atoms with van der Waals surface area (Å²) in [5.41, 5.74) is 0.234. The molecule has 2 unspecified atom stereocenters. The third-order valence-electron chi connectivity index (χ3n) is 2.60. The van der Waals surface area contributed by atoms with E-state index in [1.165, 1.54) is 0 Å². The molecule has 2 fully saturated rings. The predicted octanol–water partition coefficient (Wildman–Crippen LogP) is 0.884. The highest BCUT2D eigenvalue weighted by molar-refractivity contribution is 4.86. The first kappa shape index (κ1) is 9.44. The molecule has 2 aliphatic rings. The summed E-state index contributed by atoms with van der Waals surface area (Å²) in [6.45, 7) is 10.7. The van der Waals surface area contributed by atoms with Crippen molar-refractivity contribution in [3.8, 4) is 0 Å². The SMILES string of the molecule is CC(C)(C)N(CC1CO1)CC1CO1. The van der Waals surface area contributed by atoms with Crippen molar-refractivity contribution >= 4 is 0 Å². The monoisotopic (exact) mass is 185 g/mol. The summed E-state index contributed by atoms with van der Waals surface area (Å²) in [4.78, 5) is 2.46. The zero-order valence-corrected chi connectivity index (χ0v) is 8.75. The number of hydrogen-bond acceptors (Lipinski definition) is 3. The van der Waals surface area contributed by atoms with Crippen LogP contribution in [0.4, 0.5) is 0 Å². The summed E-state index contributed by atoms with van der Waals surface area (Å²) in [5.74, 6) is 0. The van der Waals surface area contributed by atoms with Crippen LogP contribution >= 0.6 is 0 Å². The average Bonchev–Trinajstić information content (AvgIpc) is 2.76. The van der Waals surface area contributed by atoms with E-state index in [4.69, 9.17) is 9.47 Å². The van der Waals surface area contributed by atoms with Gasteiger partial charge in [-0.25, -0.2) is 0 Å². The highest BCUT2D eigenvalue weighted by atomic mass is 16.6. The molecule has 2 rings (SSSR count). The second-order valence-electron chi connectivity index (χ2n) is 4.99. The van der Waals surface area contributed by atoms with Crippen molar-refractivity contribution in [2.45, 2.75) is 38.5 Å². The Balaban J connectivity index is 1.84. The first-order chi connectivity index (χ1) is 6.05. The van der Waals surface area contributed by atoms with Crippen molar-refractivity contribution < 1.29 is 9.47 Å². The van der Waals surface area contributed by atoms with Crippen LogP contribution in [0.5, 0.6) is 0 Å². The van der Waals surface area contributed by atoms with E-state index in [0.717, 1.165) is 26.3 Å². The van der Waals surface area contributed by atoms with Gasteiger partial charge in [-0.3, -0.25) is 4.90 Å². The first-order valence-corrected chi connectivity index (χ1v) is 5.04. The van der Waals surface area contributed by atoms with Crippen LogP contribution in [0.25, 0.3) is 0 Å². The Morgan fingerprint density at radius 3 is 1.69 bits per heavy atom. The molecule has 2 saturated heterocycles. The van der Waals surface area contributed by atoms with E-state index in [1.54, 1.807) is 0 Å². The Kier molecular flexibility index (Phi) is 2.34. The third-order valence-corrected chi connectivity index (χ3v) is 2.60. The lowest BCUT2D eigenvalue weighted by Gasteiger charge is -2.34. The number of rotatable bonds is 4. The molecule has 2 heterocycles. The van der Waals surface area contributed by atoms with Gasteiger partial charge in [0.1, 0.15) is 0 Å². The lowest BCUT2D eigenvalue weighted by atomic mass is 10.1. The minimum atomic E-state index is 0.234. The zero-order chi connectivity index (χ0) is 9.47. The smallest absolute Gasteiger partial charge is 0.0936 e. The average molecular weight is 185 g/mol. The quantitative estimate of drug-likeness (QED) is 0.609. The molecule has 0 aromatic carbocycles. The van der Waals surface area contributed by atoms with Crippen LogP contribution in [0, 0.1) is 0 Å². The van der Waals surface area contributed by atoms with Crippen LogP contribution in [-0.4, -0.2) is 49.0 Å². The molecule has 2 atom stereocenters. The molecule has 0 bridgehead atoms. The van der Waals surface area contributed by atoms with Crippen LogP contribution in [-0.2, 0) is 9.47 Å². The number of nitrogens with zero attached hydrogens (tertiary/aromatic N) is 1. The predicted molar refractivity (Wildman–Crippen MR) is 50.8 cm³/mol. The molecular formula is C10H19NO2. The Morgan fingerprint density at radius 2 is 1.46 bits per heavy atom. The zero-order valence-electron chi connectivity index (χ0n) is 8.75. The van der Waals surface area contributed by atoms with E-state index in [1.807, 2.05) is 0 Å². The third kappa shape index (κ3) is 2.93. The highest BCUT2D eigenvalue weighted by Crippen LogP contribution is 2.22. The van der Waals surface area contributed by atoms with E-state index in [2.05, 4.69) is 25.7 Å². The summed E-state index contributed by atoms with van der Waals surface area (Å²) in [6, 6.07) is 0. The topological polar surface area (TPSA) is 28.3 Å². The van der Waals surface area contributed by atoms with Gasteiger partial charge < -0.3 is 9.47 Å². The van der Waals surface area contributed by atoms with E-state index >= 15 is 0 Å². The molecular weight excluding hydrogens is 166 g/mol. The number of ether oxygens (including phenoxy) is 2. The van der Waals surface area contributed by atoms with Gasteiger partial charge in [-0.1, -0.05) is 0 Å². The van der Waals surface area contributed by atoms with Crippen molar-refractivity contribution in [3.63, 3.8) is 0 Å². The minimum Gasteiger partial charge on any atom is -0.372 e. The second kappa shape index (κ2) is 3.23. The van der Waals surface area contributed by atoms with Crippen LogP contribution in [0.2, 0.25) is 0 Å². The molecule has 0 N–H and O–H groups in total. The van der Waals surface area contributed by atoms with Gasteiger partial charge in [0.2, 0.25) is 0 Å². The van der Waals surface area contributed by atoms with E-state index in [9.17, 15) is 0 Å². The van der Waals surface area contributed by atoms with Gasteiger partial charge in [0.15, 0.2) is 0 Å². The van der Waals surface area contributed by atoms with Gasteiger partial charge in [0.05, 0.1) is 25.4 Å². The normalized spacial score (nSPS) is 32.3. The Morgan fingerprint density at radius 1 is 1.08 bits per heavy atom. The fourth-order valence-corrected chi connectivity index (χ4v) is 1.46. The second-order valence-corrected chi connectivity index (χ2v) is 4.99. The Bertz CT molecular complexity index is 166. The molecule has 13 heavy (non-hydrogen) atoms. The van der Waals surface area contributed by atoms with Crippen molar-refractivity contribution in [1.82, 2.24) is 4.90 Å². The lowest BCUT2D eigenvalue weighted by Crippen LogP contribution is -2.45. The van der Waals surface area contributed by atoms with Crippen LogP contribution in [0.1, 0.15) is 20.8 Å². The summed E-state index contributed by atoms with van der Waals surface area (Å²) in [5, 5.41) is 0. The minimum absolute atomic E-state index is 0.234. The summed E-state index contributed by atoms with van der Waals surface area (Å²) >= 11 is 0. The van der Waals surface area contributed by atoms with Crippen molar-refractivity contribution in [2.75, 3.05) is 26.3 Å². The maximum atomic E-state index is 5.25. The Labute approximate surface area is 80.0 Å². The van der Waals surface area contributed by atoms with Crippen LogP contribution in [0.15, 0.2) is 0 Å². The fourth-order valence-electron chi connectivity index (χ4n) is 1.46.